The molecule has 0 aliphatic carbocycles. The van der Waals surface area contributed by atoms with Crippen LogP contribution < -0.4 is 4.90 Å². The van der Waals surface area contributed by atoms with E-state index in [2.05, 4.69) is 22.9 Å². The van der Waals surface area contributed by atoms with Crippen LogP contribution >= 0.6 is 0 Å². The molecule has 1 N–H and O–H groups in total. The third-order valence-electron chi connectivity index (χ3n) is 2.74. The Labute approximate surface area is 95.3 Å². The number of benzene rings is 1. The van der Waals surface area contributed by atoms with E-state index in [1.807, 2.05) is 31.3 Å². The Morgan fingerprint density at radius 3 is 2.81 bits per heavy atom. The van der Waals surface area contributed by atoms with E-state index in [1.54, 1.807) is 0 Å². The van der Waals surface area contributed by atoms with Crippen LogP contribution in [-0.4, -0.2) is 18.6 Å². The third-order valence-corrected chi connectivity index (χ3v) is 2.74. The molecule has 3 nitrogen and oxygen atoms in total. The summed E-state index contributed by atoms with van der Waals surface area (Å²) in [5.41, 5.74) is 1.77. The number of aromatic nitrogens is 1. The predicted octanol–water partition coefficient (Wildman–Crippen LogP) is 2.89. The maximum absolute atomic E-state index is 9.23. The second kappa shape index (κ2) is 4.28. The van der Waals surface area contributed by atoms with Crippen molar-refractivity contribution in [3.63, 3.8) is 0 Å². The van der Waals surface area contributed by atoms with Gasteiger partial charge >= 0.3 is 0 Å². The zero-order valence-electron chi connectivity index (χ0n) is 9.62. The lowest BCUT2D eigenvalue weighted by atomic mass is 10.2. The number of nitrogens with zero attached hydrogens (tertiary/aromatic N) is 2. The highest BCUT2D eigenvalue weighted by molar-refractivity contribution is 5.91. The maximum atomic E-state index is 9.23. The number of hydrogen-bond donors (Lipinski definition) is 1. The van der Waals surface area contributed by atoms with Gasteiger partial charge in [0.1, 0.15) is 17.5 Å². The molecule has 2 rings (SSSR count). The molecule has 0 saturated carbocycles. The Kier molecular flexibility index (Phi) is 2.82. The Balaban J connectivity index is 2.57. The second-order valence-electron chi connectivity index (χ2n) is 3.93. The summed E-state index contributed by atoms with van der Waals surface area (Å²) >= 11 is 0. The molecule has 1 aromatic heterocycles. The minimum absolute atomic E-state index is 0.742. The monoisotopic (exact) mass is 213 g/mol. The van der Waals surface area contributed by atoms with Gasteiger partial charge in [-0.05, 0) is 12.5 Å². The lowest BCUT2D eigenvalue weighted by molar-refractivity contribution is 0.841. The number of fused-ring (bicyclic) bond motifs is 1. The van der Waals surface area contributed by atoms with Crippen molar-refractivity contribution in [2.75, 3.05) is 18.5 Å². The van der Waals surface area contributed by atoms with Crippen molar-refractivity contribution in [1.29, 1.82) is 5.26 Å². The van der Waals surface area contributed by atoms with Gasteiger partial charge in [-0.3, -0.25) is 0 Å². The molecule has 82 valence electrons. The van der Waals surface area contributed by atoms with Crippen molar-refractivity contribution >= 4 is 16.7 Å². The summed E-state index contributed by atoms with van der Waals surface area (Å²) < 4.78 is 0. The van der Waals surface area contributed by atoms with Gasteiger partial charge in [-0.25, -0.2) is 0 Å². The maximum Gasteiger partial charge on any atom is 0.124 e. The molecule has 0 radical (unpaired) electrons. The Hall–Kier alpha value is -1.95. The number of rotatable bonds is 3. The molecule has 3 heteroatoms. The molecule has 0 aliphatic rings. The molecule has 1 heterocycles. The first-order valence-electron chi connectivity index (χ1n) is 5.50. The molecule has 0 amide bonds. The summed E-state index contributed by atoms with van der Waals surface area (Å²) in [7, 11) is 2.01. The van der Waals surface area contributed by atoms with Gasteiger partial charge in [0.15, 0.2) is 0 Å². The van der Waals surface area contributed by atoms with Crippen molar-refractivity contribution in [1.82, 2.24) is 4.98 Å². The molecule has 0 bridgehead atoms. The van der Waals surface area contributed by atoms with Crippen LogP contribution in [0.2, 0.25) is 0 Å². The lowest BCUT2D eigenvalue weighted by Gasteiger charge is -2.16. The van der Waals surface area contributed by atoms with Crippen LogP contribution in [0.1, 0.15) is 18.9 Å². The van der Waals surface area contributed by atoms with Crippen molar-refractivity contribution in [2.45, 2.75) is 13.3 Å². The van der Waals surface area contributed by atoms with E-state index in [1.165, 1.54) is 0 Å². The average Bonchev–Trinajstić information content (AvgIpc) is 2.67. The topological polar surface area (TPSA) is 42.8 Å². The summed E-state index contributed by atoms with van der Waals surface area (Å²) in [5, 5.41) is 10.2. The summed E-state index contributed by atoms with van der Waals surface area (Å²) in [6.07, 6.45) is 1.07. The quantitative estimate of drug-likeness (QED) is 0.851. The molecule has 0 saturated heterocycles. The van der Waals surface area contributed by atoms with Crippen molar-refractivity contribution in [3.8, 4) is 6.07 Å². The van der Waals surface area contributed by atoms with Gasteiger partial charge in [-0.2, -0.15) is 5.26 Å². The molecule has 0 unspecified atom stereocenters. The second-order valence-corrected chi connectivity index (χ2v) is 3.93. The standard InChI is InChI=1S/C13H15N3/c1-3-8-16(2)13-11(9-14)10-6-4-5-7-12(10)15-13/h4-7,15H,3,8H2,1-2H3. The molecule has 0 aliphatic heterocycles. The SMILES string of the molecule is CCCN(C)c1[nH]c2ccccc2c1C#N. The first-order valence-corrected chi connectivity index (χ1v) is 5.50. The first kappa shape index (κ1) is 10.6. The zero-order valence-corrected chi connectivity index (χ0v) is 9.62. The van der Waals surface area contributed by atoms with Gasteiger partial charge in [0, 0.05) is 24.5 Å². The molecule has 0 fully saturated rings. The van der Waals surface area contributed by atoms with Crippen molar-refractivity contribution in [3.05, 3.63) is 29.8 Å². The van der Waals surface area contributed by atoms with Crippen molar-refractivity contribution in [2.24, 2.45) is 0 Å². The molecule has 0 spiro atoms. The van der Waals surface area contributed by atoms with Gasteiger partial charge < -0.3 is 9.88 Å². The van der Waals surface area contributed by atoms with Crippen LogP contribution in [0.5, 0.6) is 0 Å². The number of H-pyrrole nitrogens is 1. The fourth-order valence-corrected chi connectivity index (χ4v) is 1.97. The average molecular weight is 213 g/mol. The molecule has 16 heavy (non-hydrogen) atoms. The van der Waals surface area contributed by atoms with E-state index in [0.717, 1.165) is 35.2 Å². The van der Waals surface area contributed by atoms with E-state index in [4.69, 9.17) is 0 Å². The van der Waals surface area contributed by atoms with E-state index >= 15 is 0 Å². The van der Waals surface area contributed by atoms with Gasteiger partial charge in [-0.15, -0.1) is 0 Å². The number of nitrogens with one attached hydrogen (secondary N) is 1. The van der Waals surface area contributed by atoms with E-state index in [-0.39, 0.29) is 0 Å². The van der Waals surface area contributed by atoms with Crippen LogP contribution in [0.25, 0.3) is 10.9 Å². The number of aromatic amines is 1. The normalized spacial score (nSPS) is 10.3. The fraction of sp³-hybridized carbons (Fsp3) is 0.308. The Morgan fingerprint density at radius 1 is 1.38 bits per heavy atom. The van der Waals surface area contributed by atoms with Crippen LogP contribution in [0, 0.1) is 11.3 Å². The summed E-state index contributed by atoms with van der Waals surface area (Å²) in [6.45, 7) is 3.08. The molecule has 2 aromatic rings. The van der Waals surface area contributed by atoms with Gasteiger partial charge in [-0.1, -0.05) is 25.1 Å². The minimum Gasteiger partial charge on any atom is -0.360 e. The first-order chi connectivity index (χ1) is 7.77. The molecular weight excluding hydrogens is 198 g/mol. The lowest BCUT2D eigenvalue weighted by Crippen LogP contribution is -2.18. The summed E-state index contributed by atoms with van der Waals surface area (Å²) in [5.74, 6) is 0.922. The number of nitriles is 1. The Bertz CT molecular complexity index is 534. The molecular formula is C13H15N3. The summed E-state index contributed by atoms with van der Waals surface area (Å²) in [6, 6.07) is 10.2. The largest absolute Gasteiger partial charge is 0.360 e. The summed E-state index contributed by atoms with van der Waals surface area (Å²) in [4.78, 5) is 5.40. The highest BCUT2D eigenvalue weighted by Crippen LogP contribution is 2.27. The van der Waals surface area contributed by atoms with Gasteiger partial charge in [0.05, 0.1) is 0 Å². The van der Waals surface area contributed by atoms with Crippen LogP contribution in [-0.2, 0) is 0 Å². The Morgan fingerprint density at radius 2 is 2.12 bits per heavy atom. The van der Waals surface area contributed by atoms with Gasteiger partial charge in [0.25, 0.3) is 0 Å². The molecule has 1 aromatic carbocycles. The minimum atomic E-state index is 0.742. The number of para-hydroxylation sites is 1. The van der Waals surface area contributed by atoms with Crippen LogP contribution in [0.4, 0.5) is 5.82 Å². The fourth-order valence-electron chi connectivity index (χ4n) is 1.97. The molecule has 0 atom stereocenters. The number of hydrogen-bond acceptors (Lipinski definition) is 2. The van der Waals surface area contributed by atoms with Crippen LogP contribution in [0.15, 0.2) is 24.3 Å². The van der Waals surface area contributed by atoms with Crippen molar-refractivity contribution < 1.29 is 0 Å². The highest BCUT2D eigenvalue weighted by Gasteiger charge is 2.13. The predicted molar refractivity (Wildman–Crippen MR) is 66.6 cm³/mol. The van der Waals surface area contributed by atoms with E-state index < -0.39 is 0 Å². The number of anilines is 1. The third kappa shape index (κ3) is 1.63. The zero-order chi connectivity index (χ0) is 11.5. The van der Waals surface area contributed by atoms with E-state index in [9.17, 15) is 5.26 Å². The van der Waals surface area contributed by atoms with Gasteiger partial charge in [0.2, 0.25) is 0 Å². The van der Waals surface area contributed by atoms with Crippen LogP contribution in [0.3, 0.4) is 0 Å². The smallest absolute Gasteiger partial charge is 0.124 e. The van der Waals surface area contributed by atoms with E-state index in [0.29, 0.717) is 0 Å². The highest BCUT2D eigenvalue weighted by atomic mass is 15.2.